The number of nitrogens with zero attached hydrogens (tertiary/aromatic N) is 1. The lowest BCUT2D eigenvalue weighted by Gasteiger charge is -1.90. The molecule has 2 heterocycles. The molecule has 2 rings (SSSR count). The van der Waals surface area contributed by atoms with Crippen molar-refractivity contribution in [1.29, 1.82) is 0 Å². The van der Waals surface area contributed by atoms with Crippen LogP contribution in [0.15, 0.2) is 24.5 Å². The van der Waals surface area contributed by atoms with Crippen molar-refractivity contribution in [2.75, 3.05) is 5.73 Å². The van der Waals surface area contributed by atoms with Crippen molar-refractivity contribution < 1.29 is 0 Å². The Morgan fingerprint density at radius 1 is 1.45 bits per heavy atom. The normalized spacial score (nSPS) is 9.45. The third kappa shape index (κ3) is 1.28. The predicted molar refractivity (Wildman–Crippen MR) is 47.8 cm³/mol. The van der Waals surface area contributed by atoms with Gasteiger partial charge in [-0.05, 0) is 12.1 Å². The molecule has 0 bridgehead atoms. The Hall–Kier alpha value is -1.22. The highest BCUT2D eigenvalue weighted by molar-refractivity contribution is 5.85. The predicted octanol–water partition coefficient (Wildman–Crippen LogP) is 1.57. The molecule has 0 saturated carbocycles. The molecule has 0 saturated heterocycles. The van der Waals surface area contributed by atoms with Gasteiger partial charge in [0, 0.05) is 6.20 Å². The number of nitrogens with one attached hydrogen (secondary N) is 1. The van der Waals surface area contributed by atoms with Gasteiger partial charge >= 0.3 is 0 Å². The molecule has 11 heavy (non-hydrogen) atoms. The van der Waals surface area contributed by atoms with E-state index in [4.69, 9.17) is 5.73 Å². The van der Waals surface area contributed by atoms with E-state index in [0.717, 1.165) is 11.0 Å². The van der Waals surface area contributed by atoms with Gasteiger partial charge in [0.25, 0.3) is 0 Å². The van der Waals surface area contributed by atoms with Gasteiger partial charge in [0.2, 0.25) is 0 Å². The number of hydrogen-bond donors (Lipinski definition) is 2. The number of aromatic amines is 1. The zero-order chi connectivity index (χ0) is 6.97. The molecule has 2 aromatic rings. The summed E-state index contributed by atoms with van der Waals surface area (Å²) in [7, 11) is 0. The Kier molecular flexibility index (Phi) is 2.01. The van der Waals surface area contributed by atoms with Crippen LogP contribution >= 0.6 is 12.4 Å². The second-order valence-electron chi connectivity index (χ2n) is 2.18. The van der Waals surface area contributed by atoms with E-state index in [1.54, 1.807) is 6.20 Å². The first-order valence-electron chi connectivity index (χ1n) is 3.05. The van der Waals surface area contributed by atoms with Crippen LogP contribution in [0.5, 0.6) is 0 Å². The van der Waals surface area contributed by atoms with Crippen LogP contribution < -0.4 is 5.73 Å². The van der Waals surface area contributed by atoms with Gasteiger partial charge in [0.05, 0.1) is 22.9 Å². The van der Waals surface area contributed by atoms with Gasteiger partial charge in [-0.2, -0.15) is 0 Å². The lowest BCUT2D eigenvalue weighted by Crippen LogP contribution is -1.84. The molecule has 0 atom stereocenters. The average molecular weight is 170 g/mol. The molecular formula is C7H8ClN3. The highest BCUT2D eigenvalue weighted by Crippen LogP contribution is 2.10. The zero-order valence-corrected chi connectivity index (χ0v) is 6.56. The van der Waals surface area contributed by atoms with Crippen molar-refractivity contribution in [2.24, 2.45) is 0 Å². The summed E-state index contributed by atoms with van der Waals surface area (Å²) >= 11 is 0. The number of nitrogen functional groups attached to an aromatic ring is 1. The molecule has 4 heteroatoms. The van der Waals surface area contributed by atoms with E-state index in [0.29, 0.717) is 5.69 Å². The minimum Gasteiger partial charge on any atom is -0.397 e. The van der Waals surface area contributed by atoms with Gasteiger partial charge < -0.3 is 10.7 Å². The Labute approximate surface area is 70.0 Å². The Bertz CT molecular complexity index is 355. The van der Waals surface area contributed by atoms with Gasteiger partial charge in [-0.3, -0.25) is 4.98 Å². The van der Waals surface area contributed by atoms with E-state index in [2.05, 4.69) is 9.97 Å². The molecule has 0 radical (unpaired) electrons. The van der Waals surface area contributed by atoms with E-state index >= 15 is 0 Å². The third-order valence-corrected chi connectivity index (χ3v) is 1.42. The van der Waals surface area contributed by atoms with Crippen LogP contribution in [0.1, 0.15) is 0 Å². The molecule has 58 valence electrons. The smallest absolute Gasteiger partial charge is 0.0880 e. The molecule has 3 nitrogen and oxygen atoms in total. The van der Waals surface area contributed by atoms with Gasteiger partial charge in [0.15, 0.2) is 0 Å². The molecule has 0 fully saturated rings. The minimum absolute atomic E-state index is 0. The number of rotatable bonds is 0. The molecule has 0 aliphatic rings. The monoisotopic (exact) mass is 169 g/mol. The maximum Gasteiger partial charge on any atom is 0.0880 e. The minimum atomic E-state index is 0. The number of halogens is 1. The molecule has 3 N–H and O–H groups in total. The van der Waals surface area contributed by atoms with E-state index < -0.39 is 0 Å². The van der Waals surface area contributed by atoms with Crippen molar-refractivity contribution >= 4 is 29.1 Å². The van der Waals surface area contributed by atoms with Gasteiger partial charge in [-0.1, -0.05) is 0 Å². The van der Waals surface area contributed by atoms with Crippen LogP contribution in [0.3, 0.4) is 0 Å². The van der Waals surface area contributed by atoms with E-state index in [1.165, 1.54) is 0 Å². The highest BCUT2D eigenvalue weighted by atomic mass is 35.5. The molecule has 0 spiro atoms. The van der Waals surface area contributed by atoms with Crippen molar-refractivity contribution in [2.45, 2.75) is 0 Å². The Balaban J connectivity index is 0.000000605. The molecule has 0 amide bonds. The van der Waals surface area contributed by atoms with Crippen molar-refractivity contribution in [3.63, 3.8) is 0 Å². The number of anilines is 1. The third-order valence-electron chi connectivity index (χ3n) is 1.42. The molecule has 2 aromatic heterocycles. The SMILES string of the molecule is Cl.Nc1cnc2cc[nH]c2c1. The van der Waals surface area contributed by atoms with Crippen molar-refractivity contribution in [3.05, 3.63) is 24.5 Å². The average Bonchev–Trinajstić information content (AvgIpc) is 2.33. The first-order valence-corrected chi connectivity index (χ1v) is 3.05. The first-order chi connectivity index (χ1) is 4.86. The second kappa shape index (κ2) is 2.80. The number of hydrogen-bond acceptors (Lipinski definition) is 2. The Morgan fingerprint density at radius 2 is 2.27 bits per heavy atom. The summed E-state index contributed by atoms with van der Waals surface area (Å²) in [4.78, 5) is 7.10. The summed E-state index contributed by atoms with van der Waals surface area (Å²) in [6.07, 6.45) is 3.49. The molecule has 0 aliphatic carbocycles. The maximum atomic E-state index is 5.50. The molecular weight excluding hydrogens is 162 g/mol. The maximum absolute atomic E-state index is 5.50. The number of aromatic nitrogens is 2. The summed E-state index contributed by atoms with van der Waals surface area (Å²) in [5.74, 6) is 0. The number of H-pyrrole nitrogens is 1. The van der Waals surface area contributed by atoms with Crippen LogP contribution in [0.2, 0.25) is 0 Å². The van der Waals surface area contributed by atoms with E-state index in [-0.39, 0.29) is 12.4 Å². The fourth-order valence-electron chi connectivity index (χ4n) is 0.950. The first kappa shape index (κ1) is 7.88. The summed E-state index contributed by atoms with van der Waals surface area (Å²) in [6, 6.07) is 3.77. The van der Waals surface area contributed by atoms with Crippen LogP contribution in [0.25, 0.3) is 11.0 Å². The lowest BCUT2D eigenvalue weighted by atomic mass is 10.3. The van der Waals surface area contributed by atoms with Gasteiger partial charge in [0.1, 0.15) is 0 Å². The zero-order valence-electron chi connectivity index (χ0n) is 5.74. The summed E-state index contributed by atoms with van der Waals surface area (Å²) < 4.78 is 0. The largest absolute Gasteiger partial charge is 0.397 e. The summed E-state index contributed by atoms with van der Waals surface area (Å²) in [6.45, 7) is 0. The van der Waals surface area contributed by atoms with Gasteiger partial charge in [-0.25, -0.2) is 0 Å². The highest BCUT2D eigenvalue weighted by Gasteiger charge is 1.93. The molecule has 0 aliphatic heterocycles. The van der Waals surface area contributed by atoms with Crippen LogP contribution in [0.4, 0.5) is 5.69 Å². The number of pyridine rings is 1. The number of nitrogens with two attached hydrogens (primary N) is 1. The van der Waals surface area contributed by atoms with E-state index in [1.807, 2.05) is 18.3 Å². The van der Waals surface area contributed by atoms with E-state index in [9.17, 15) is 0 Å². The van der Waals surface area contributed by atoms with Gasteiger partial charge in [-0.15, -0.1) is 12.4 Å². The molecule has 0 aromatic carbocycles. The van der Waals surface area contributed by atoms with Crippen molar-refractivity contribution in [3.8, 4) is 0 Å². The Morgan fingerprint density at radius 3 is 3.09 bits per heavy atom. The number of fused-ring (bicyclic) bond motifs is 1. The van der Waals surface area contributed by atoms with Crippen LogP contribution in [0, 0.1) is 0 Å². The summed E-state index contributed by atoms with van der Waals surface area (Å²) in [5, 5.41) is 0. The topological polar surface area (TPSA) is 54.7 Å². The standard InChI is InChI=1S/C7H7N3.ClH/c8-5-3-7-6(10-4-5)1-2-9-7;/h1-4,9H,8H2;1H. The molecule has 0 unspecified atom stereocenters. The summed E-state index contributed by atoms with van der Waals surface area (Å²) in [5.41, 5.74) is 8.13. The quantitative estimate of drug-likeness (QED) is 0.629. The fraction of sp³-hybridized carbons (Fsp3) is 0. The lowest BCUT2D eigenvalue weighted by molar-refractivity contribution is 1.41. The van der Waals surface area contributed by atoms with Crippen LogP contribution in [-0.2, 0) is 0 Å². The fourth-order valence-corrected chi connectivity index (χ4v) is 0.950. The van der Waals surface area contributed by atoms with Crippen molar-refractivity contribution in [1.82, 2.24) is 9.97 Å². The van der Waals surface area contributed by atoms with Crippen LogP contribution in [-0.4, -0.2) is 9.97 Å². The second-order valence-corrected chi connectivity index (χ2v) is 2.18.